The zero-order valence-electron chi connectivity index (χ0n) is 20.1. The van der Waals surface area contributed by atoms with Crippen LogP contribution in [0.15, 0.2) is 54.2 Å². The average molecular weight is 462 g/mol. The highest BCUT2D eigenvalue weighted by Gasteiger charge is 2.46. The second-order valence-electron chi connectivity index (χ2n) is 8.91. The molecule has 3 aromatic rings. The molecule has 1 aliphatic heterocycles. The summed E-state index contributed by atoms with van der Waals surface area (Å²) in [7, 11) is 3.84. The number of aryl methyl sites for hydroxylation is 1. The minimum absolute atomic E-state index is 0.107. The van der Waals surface area contributed by atoms with Crippen molar-refractivity contribution in [2.24, 2.45) is 0 Å². The number of ether oxygens (including phenoxy) is 1. The van der Waals surface area contributed by atoms with Gasteiger partial charge in [-0.15, -0.1) is 0 Å². The number of hydrogen-bond donors (Lipinski definition) is 2. The molecule has 0 saturated carbocycles. The first-order valence-electron chi connectivity index (χ1n) is 11.6. The molecule has 2 N–H and O–H groups in total. The number of nitrogens with one attached hydrogen (secondary N) is 1. The predicted molar refractivity (Wildman–Crippen MR) is 133 cm³/mol. The molecule has 1 unspecified atom stereocenters. The number of aliphatic hydroxyl groups excluding tert-OH is 1. The van der Waals surface area contributed by atoms with Gasteiger partial charge in [-0.3, -0.25) is 9.59 Å². The fourth-order valence-electron chi connectivity index (χ4n) is 4.39. The molecular formula is C27H31N3O4. The van der Waals surface area contributed by atoms with E-state index in [2.05, 4.69) is 4.98 Å². The lowest BCUT2D eigenvalue weighted by molar-refractivity contribution is -0.140. The van der Waals surface area contributed by atoms with Crippen LogP contribution in [0, 0.1) is 6.92 Å². The van der Waals surface area contributed by atoms with Gasteiger partial charge >= 0.3 is 0 Å². The number of Topliss-reactive ketones (excluding diaryl/α,β-unsaturated/α-hetero) is 1. The average Bonchev–Trinajstić information content (AvgIpc) is 3.35. The van der Waals surface area contributed by atoms with Gasteiger partial charge in [-0.05, 0) is 57.3 Å². The lowest BCUT2D eigenvalue weighted by Gasteiger charge is -2.26. The molecule has 0 aliphatic carbocycles. The number of carbonyl (C=O) groups excluding carboxylic acids is 2. The van der Waals surface area contributed by atoms with Gasteiger partial charge in [0.05, 0.1) is 18.2 Å². The number of aliphatic hydroxyl groups is 1. The topological polar surface area (TPSA) is 85.9 Å². The Hall–Kier alpha value is -3.58. The number of likely N-dealkylation sites (N-methyl/N-ethyl adjacent to an activating group) is 1. The van der Waals surface area contributed by atoms with E-state index in [9.17, 15) is 14.7 Å². The van der Waals surface area contributed by atoms with Gasteiger partial charge in [0.1, 0.15) is 11.5 Å². The van der Waals surface area contributed by atoms with Crippen molar-refractivity contribution in [3.8, 4) is 5.75 Å². The maximum atomic E-state index is 13.3. The fourth-order valence-corrected chi connectivity index (χ4v) is 4.39. The molecule has 0 spiro atoms. The number of aromatic amines is 1. The highest BCUT2D eigenvalue weighted by Crippen LogP contribution is 2.42. The SMILES string of the molecule is CCCOc1ccc(/C(O)=C2\C(=O)C(=O)N(CCN(C)C)C2c2c[nH]c3ccccc23)cc1C. The summed E-state index contributed by atoms with van der Waals surface area (Å²) in [5, 5.41) is 12.3. The van der Waals surface area contributed by atoms with E-state index in [1.807, 2.05) is 63.3 Å². The van der Waals surface area contributed by atoms with Crippen LogP contribution in [-0.4, -0.2) is 65.4 Å². The van der Waals surface area contributed by atoms with Crippen LogP contribution in [0.5, 0.6) is 5.75 Å². The number of amides is 1. The highest BCUT2D eigenvalue weighted by atomic mass is 16.5. The van der Waals surface area contributed by atoms with Crippen molar-refractivity contribution in [3.63, 3.8) is 0 Å². The van der Waals surface area contributed by atoms with Gasteiger partial charge in [-0.25, -0.2) is 0 Å². The second kappa shape index (κ2) is 9.73. The number of benzene rings is 2. The third-order valence-electron chi connectivity index (χ3n) is 6.15. The molecule has 1 amide bonds. The number of hydrogen-bond acceptors (Lipinski definition) is 5. The highest BCUT2D eigenvalue weighted by molar-refractivity contribution is 6.46. The third kappa shape index (κ3) is 4.31. The molecule has 4 rings (SSSR count). The van der Waals surface area contributed by atoms with Crippen molar-refractivity contribution in [2.75, 3.05) is 33.8 Å². The van der Waals surface area contributed by atoms with Crippen LogP contribution in [-0.2, 0) is 9.59 Å². The van der Waals surface area contributed by atoms with E-state index in [0.29, 0.717) is 25.3 Å². The summed E-state index contributed by atoms with van der Waals surface area (Å²) < 4.78 is 5.75. The van der Waals surface area contributed by atoms with Gasteiger partial charge in [0.25, 0.3) is 11.7 Å². The molecule has 178 valence electrons. The molecule has 1 aromatic heterocycles. The molecule has 7 heteroatoms. The van der Waals surface area contributed by atoms with E-state index in [1.54, 1.807) is 23.1 Å². The first-order chi connectivity index (χ1) is 16.3. The number of aromatic nitrogens is 1. The van der Waals surface area contributed by atoms with E-state index >= 15 is 0 Å². The van der Waals surface area contributed by atoms with Gasteiger partial charge in [0.15, 0.2) is 0 Å². The number of ketones is 1. The van der Waals surface area contributed by atoms with Crippen LogP contribution in [0.2, 0.25) is 0 Å². The van der Waals surface area contributed by atoms with Crippen LogP contribution < -0.4 is 4.74 Å². The number of rotatable bonds is 8. The van der Waals surface area contributed by atoms with Crippen LogP contribution >= 0.6 is 0 Å². The standard InChI is InChI=1S/C27H31N3O4/c1-5-14-34-22-11-10-18(15-17(22)2)25(31)23-24(20-16-28-21-9-7-6-8-19(20)21)30(13-12-29(3)4)27(33)26(23)32/h6-11,15-16,24,28,31H,5,12-14H2,1-4H3/b25-23+. The summed E-state index contributed by atoms with van der Waals surface area (Å²) in [6.07, 6.45) is 2.71. The first kappa shape index (κ1) is 23.6. The summed E-state index contributed by atoms with van der Waals surface area (Å²) in [4.78, 5) is 33.1. The normalized spacial score (nSPS) is 17.8. The zero-order chi connectivity index (χ0) is 24.4. The summed E-state index contributed by atoms with van der Waals surface area (Å²) >= 11 is 0. The Morgan fingerprint density at radius 2 is 1.94 bits per heavy atom. The number of H-pyrrole nitrogens is 1. The molecule has 1 fully saturated rings. The summed E-state index contributed by atoms with van der Waals surface area (Å²) in [5.74, 6) is -0.710. The first-order valence-corrected chi connectivity index (χ1v) is 11.6. The van der Waals surface area contributed by atoms with Gasteiger partial charge in [-0.2, -0.15) is 0 Å². The third-order valence-corrected chi connectivity index (χ3v) is 6.15. The lowest BCUT2D eigenvalue weighted by Crippen LogP contribution is -2.35. The summed E-state index contributed by atoms with van der Waals surface area (Å²) in [6, 6.07) is 12.4. The van der Waals surface area contributed by atoms with E-state index in [-0.39, 0.29) is 11.3 Å². The van der Waals surface area contributed by atoms with Crippen LogP contribution in [0.25, 0.3) is 16.7 Å². The van der Waals surface area contributed by atoms with E-state index < -0.39 is 17.7 Å². The molecule has 1 saturated heterocycles. The van der Waals surface area contributed by atoms with Crippen molar-refractivity contribution in [1.82, 2.24) is 14.8 Å². The smallest absolute Gasteiger partial charge is 0.295 e. The van der Waals surface area contributed by atoms with Crippen molar-refractivity contribution < 1.29 is 19.4 Å². The molecule has 0 radical (unpaired) electrons. The quantitative estimate of drug-likeness (QED) is 0.298. The minimum Gasteiger partial charge on any atom is -0.507 e. The monoisotopic (exact) mass is 461 g/mol. The molecule has 34 heavy (non-hydrogen) atoms. The molecule has 2 aromatic carbocycles. The molecular weight excluding hydrogens is 430 g/mol. The maximum absolute atomic E-state index is 13.3. The van der Waals surface area contributed by atoms with Gasteiger partial charge in [0.2, 0.25) is 0 Å². The van der Waals surface area contributed by atoms with E-state index in [0.717, 1.165) is 34.2 Å². The predicted octanol–water partition coefficient (Wildman–Crippen LogP) is 4.25. The Morgan fingerprint density at radius 3 is 2.65 bits per heavy atom. The largest absolute Gasteiger partial charge is 0.507 e. The van der Waals surface area contributed by atoms with E-state index in [4.69, 9.17) is 4.74 Å². The van der Waals surface area contributed by atoms with Gasteiger partial charge in [-0.1, -0.05) is 25.1 Å². The van der Waals surface area contributed by atoms with Crippen molar-refractivity contribution in [2.45, 2.75) is 26.3 Å². The van der Waals surface area contributed by atoms with Gasteiger partial charge in [0, 0.05) is 41.3 Å². The van der Waals surface area contributed by atoms with Crippen molar-refractivity contribution in [1.29, 1.82) is 0 Å². The van der Waals surface area contributed by atoms with Crippen molar-refractivity contribution >= 4 is 28.4 Å². The fraction of sp³-hybridized carbons (Fsp3) is 0.333. The van der Waals surface area contributed by atoms with E-state index in [1.165, 1.54) is 0 Å². The number of likely N-dealkylation sites (tertiary alicyclic amines) is 1. The summed E-state index contributed by atoms with van der Waals surface area (Å²) in [5.41, 5.74) is 3.13. The van der Waals surface area contributed by atoms with Gasteiger partial charge < -0.3 is 24.6 Å². The number of nitrogens with zero attached hydrogens (tertiary/aromatic N) is 2. The Labute approximate surface area is 199 Å². The Balaban J connectivity index is 1.84. The molecule has 1 atom stereocenters. The number of carbonyl (C=O) groups is 2. The van der Waals surface area contributed by atoms with Crippen LogP contribution in [0.4, 0.5) is 0 Å². The Morgan fingerprint density at radius 1 is 1.18 bits per heavy atom. The Kier molecular flexibility index (Phi) is 6.75. The molecule has 2 heterocycles. The second-order valence-corrected chi connectivity index (χ2v) is 8.91. The van der Waals surface area contributed by atoms with Crippen LogP contribution in [0.3, 0.4) is 0 Å². The number of para-hydroxylation sites is 1. The molecule has 0 bridgehead atoms. The summed E-state index contributed by atoms with van der Waals surface area (Å²) in [6.45, 7) is 5.49. The minimum atomic E-state index is -0.688. The molecule has 7 nitrogen and oxygen atoms in total. The van der Waals surface area contributed by atoms with Crippen LogP contribution in [0.1, 0.15) is 36.1 Å². The Bertz CT molecular complexity index is 1260. The maximum Gasteiger partial charge on any atom is 0.295 e. The van der Waals surface area contributed by atoms with Crippen molar-refractivity contribution in [3.05, 3.63) is 70.9 Å². The lowest BCUT2D eigenvalue weighted by atomic mass is 9.94. The molecule has 1 aliphatic rings. The zero-order valence-corrected chi connectivity index (χ0v) is 20.1. The number of fused-ring (bicyclic) bond motifs is 1.